The molecule has 4 heteroatoms. The van der Waals surface area contributed by atoms with Crippen LogP contribution in [0.1, 0.15) is 18.2 Å². The number of rotatable bonds is 3. The van der Waals surface area contributed by atoms with Gasteiger partial charge in [-0.1, -0.05) is 0 Å². The van der Waals surface area contributed by atoms with Crippen LogP contribution in [0.4, 0.5) is 8.78 Å². The van der Waals surface area contributed by atoms with Gasteiger partial charge in [-0.25, -0.2) is 8.78 Å². The number of hydrogen-bond acceptors (Lipinski definition) is 2. The molecule has 0 fully saturated rings. The van der Waals surface area contributed by atoms with Gasteiger partial charge in [-0.2, -0.15) is 5.26 Å². The molecular formula is C14H11F2NO. The van der Waals surface area contributed by atoms with Gasteiger partial charge in [-0.3, -0.25) is 0 Å². The minimum absolute atomic E-state index is 0.263. The van der Waals surface area contributed by atoms with Crippen LogP contribution in [0.15, 0.2) is 41.0 Å². The third-order valence-corrected chi connectivity index (χ3v) is 2.85. The molecule has 0 N–H and O–H groups in total. The maximum absolute atomic E-state index is 13.2. The lowest BCUT2D eigenvalue weighted by Gasteiger charge is -2.21. The molecule has 0 radical (unpaired) electrons. The van der Waals surface area contributed by atoms with E-state index in [1.165, 1.54) is 18.4 Å². The Kier molecular flexibility index (Phi) is 3.15. The van der Waals surface area contributed by atoms with Crippen LogP contribution in [0.3, 0.4) is 0 Å². The van der Waals surface area contributed by atoms with Gasteiger partial charge in [0.25, 0.3) is 0 Å². The van der Waals surface area contributed by atoms with E-state index in [4.69, 9.17) is 4.42 Å². The third-order valence-electron chi connectivity index (χ3n) is 2.85. The fraction of sp³-hybridized carbons (Fsp3) is 0.214. The zero-order chi connectivity index (χ0) is 13.2. The van der Waals surface area contributed by atoms with Crippen LogP contribution >= 0.6 is 0 Å². The molecule has 0 spiro atoms. The molecule has 2 aromatic rings. The molecule has 1 aromatic heterocycles. The first kappa shape index (κ1) is 12.3. The van der Waals surface area contributed by atoms with E-state index in [2.05, 4.69) is 6.07 Å². The Hall–Kier alpha value is -2.15. The van der Waals surface area contributed by atoms with Crippen molar-refractivity contribution in [1.82, 2.24) is 0 Å². The second-order valence-electron chi connectivity index (χ2n) is 4.36. The van der Waals surface area contributed by atoms with Gasteiger partial charge in [0.2, 0.25) is 0 Å². The molecule has 2 nitrogen and oxygen atoms in total. The smallest absolute Gasteiger partial charge is 0.126 e. The van der Waals surface area contributed by atoms with Crippen molar-refractivity contribution in [2.45, 2.75) is 18.8 Å². The van der Waals surface area contributed by atoms with Crippen LogP contribution in [-0.2, 0) is 11.8 Å². The molecular weight excluding hydrogens is 236 g/mol. The maximum Gasteiger partial charge on any atom is 0.126 e. The summed E-state index contributed by atoms with van der Waals surface area (Å²) in [5.74, 6) is -0.777. The molecule has 0 aliphatic heterocycles. The zero-order valence-corrected chi connectivity index (χ0v) is 9.78. The molecule has 1 unspecified atom stereocenters. The van der Waals surface area contributed by atoms with Gasteiger partial charge in [0.15, 0.2) is 0 Å². The molecule has 0 bridgehead atoms. The predicted octanol–water partition coefficient (Wildman–Crippen LogP) is 3.58. The van der Waals surface area contributed by atoms with Crippen LogP contribution in [0.5, 0.6) is 0 Å². The van der Waals surface area contributed by atoms with E-state index in [1.54, 1.807) is 19.1 Å². The summed E-state index contributed by atoms with van der Waals surface area (Å²) in [7, 11) is 0. The van der Waals surface area contributed by atoms with Gasteiger partial charge in [-0.05, 0) is 36.8 Å². The van der Waals surface area contributed by atoms with E-state index >= 15 is 0 Å². The van der Waals surface area contributed by atoms with Crippen molar-refractivity contribution < 1.29 is 13.2 Å². The first-order valence-electron chi connectivity index (χ1n) is 5.44. The quantitative estimate of drug-likeness (QED) is 0.831. The minimum Gasteiger partial charge on any atom is -0.469 e. The van der Waals surface area contributed by atoms with Crippen molar-refractivity contribution >= 4 is 0 Å². The van der Waals surface area contributed by atoms with E-state index in [-0.39, 0.29) is 6.42 Å². The topological polar surface area (TPSA) is 36.9 Å². The highest BCUT2D eigenvalue weighted by atomic mass is 19.1. The van der Waals surface area contributed by atoms with E-state index in [0.29, 0.717) is 11.3 Å². The molecule has 18 heavy (non-hydrogen) atoms. The molecule has 1 heterocycles. The van der Waals surface area contributed by atoms with Gasteiger partial charge >= 0.3 is 0 Å². The Morgan fingerprint density at radius 2 is 1.94 bits per heavy atom. The van der Waals surface area contributed by atoms with Gasteiger partial charge < -0.3 is 4.42 Å². The largest absolute Gasteiger partial charge is 0.469 e. The van der Waals surface area contributed by atoms with Crippen molar-refractivity contribution in [1.29, 1.82) is 5.26 Å². The summed E-state index contributed by atoms with van der Waals surface area (Å²) in [6.45, 7) is 1.63. The lowest BCUT2D eigenvalue weighted by atomic mass is 9.80. The summed E-state index contributed by atoms with van der Waals surface area (Å²) in [6, 6.07) is 8.67. The molecule has 92 valence electrons. The highest BCUT2D eigenvalue weighted by Gasteiger charge is 2.29. The second-order valence-corrected chi connectivity index (χ2v) is 4.36. The van der Waals surface area contributed by atoms with Crippen molar-refractivity contribution in [2.24, 2.45) is 0 Å². The van der Waals surface area contributed by atoms with Crippen molar-refractivity contribution in [3.8, 4) is 6.07 Å². The fourth-order valence-electron chi connectivity index (χ4n) is 1.84. The molecule has 0 aliphatic carbocycles. The summed E-state index contributed by atoms with van der Waals surface area (Å²) in [6.07, 6.45) is 1.76. The average Bonchev–Trinajstić information content (AvgIpc) is 2.80. The number of halogens is 2. The van der Waals surface area contributed by atoms with Crippen molar-refractivity contribution in [3.05, 3.63) is 59.6 Å². The fourth-order valence-corrected chi connectivity index (χ4v) is 1.84. The summed E-state index contributed by atoms with van der Waals surface area (Å²) in [5, 5.41) is 9.28. The maximum atomic E-state index is 13.2. The Balaban J connectivity index is 2.40. The molecule has 0 saturated heterocycles. The van der Waals surface area contributed by atoms with E-state index in [1.807, 2.05) is 0 Å². The number of nitrogens with zero attached hydrogens (tertiary/aromatic N) is 1. The Morgan fingerprint density at radius 1 is 1.28 bits per heavy atom. The number of furan rings is 1. The molecule has 0 saturated carbocycles. The first-order chi connectivity index (χ1) is 8.53. The second kappa shape index (κ2) is 4.61. The monoisotopic (exact) mass is 247 g/mol. The SMILES string of the molecule is CC(C#N)(Cc1ccco1)c1cc(F)cc(F)c1. The normalized spacial score (nSPS) is 13.9. The lowest BCUT2D eigenvalue weighted by molar-refractivity contribution is 0.459. The molecule has 0 amide bonds. The molecule has 1 atom stereocenters. The number of nitriles is 1. The van der Waals surface area contributed by atoms with Crippen LogP contribution in [0, 0.1) is 23.0 Å². The standard InChI is InChI=1S/C14H11F2NO/c1-14(9-17,8-13-3-2-4-18-13)10-5-11(15)7-12(16)6-10/h2-7H,8H2,1H3. The number of hydrogen-bond donors (Lipinski definition) is 0. The minimum atomic E-state index is -1.03. The van der Waals surface area contributed by atoms with E-state index < -0.39 is 17.0 Å². The Bertz CT molecular complexity index is 566. The zero-order valence-electron chi connectivity index (χ0n) is 9.78. The summed E-state index contributed by atoms with van der Waals surface area (Å²) in [4.78, 5) is 0. The highest BCUT2D eigenvalue weighted by molar-refractivity contribution is 5.34. The predicted molar refractivity (Wildman–Crippen MR) is 61.7 cm³/mol. The van der Waals surface area contributed by atoms with Crippen LogP contribution in [0.2, 0.25) is 0 Å². The van der Waals surface area contributed by atoms with Crippen molar-refractivity contribution in [3.63, 3.8) is 0 Å². The Morgan fingerprint density at radius 3 is 2.44 bits per heavy atom. The summed E-state index contributed by atoms with van der Waals surface area (Å²) in [5.41, 5.74) is -0.722. The molecule has 0 aliphatic rings. The van der Waals surface area contributed by atoms with Gasteiger partial charge in [0, 0.05) is 12.5 Å². The van der Waals surface area contributed by atoms with Crippen LogP contribution in [-0.4, -0.2) is 0 Å². The van der Waals surface area contributed by atoms with Gasteiger partial charge in [0.1, 0.15) is 17.4 Å². The molecule has 1 aromatic carbocycles. The lowest BCUT2D eigenvalue weighted by Crippen LogP contribution is -2.23. The highest BCUT2D eigenvalue weighted by Crippen LogP contribution is 2.29. The third kappa shape index (κ3) is 2.40. The van der Waals surface area contributed by atoms with E-state index in [0.717, 1.165) is 6.07 Å². The van der Waals surface area contributed by atoms with Gasteiger partial charge in [-0.15, -0.1) is 0 Å². The first-order valence-corrected chi connectivity index (χ1v) is 5.44. The summed E-state index contributed by atoms with van der Waals surface area (Å²) < 4.78 is 31.6. The summed E-state index contributed by atoms with van der Waals surface area (Å²) >= 11 is 0. The van der Waals surface area contributed by atoms with E-state index in [9.17, 15) is 14.0 Å². The Labute approximate surface area is 103 Å². The van der Waals surface area contributed by atoms with Crippen LogP contribution < -0.4 is 0 Å². The van der Waals surface area contributed by atoms with Gasteiger partial charge in [0.05, 0.1) is 17.7 Å². The van der Waals surface area contributed by atoms with Crippen LogP contribution in [0.25, 0.3) is 0 Å². The number of benzene rings is 1. The van der Waals surface area contributed by atoms with Crippen molar-refractivity contribution in [2.75, 3.05) is 0 Å². The average molecular weight is 247 g/mol. The molecule has 2 rings (SSSR count).